The number of amides is 1. The van der Waals surface area contributed by atoms with E-state index in [-0.39, 0.29) is 6.09 Å². The maximum Gasteiger partial charge on any atom is 0.410 e. The molecule has 1 aliphatic heterocycles. The van der Waals surface area contributed by atoms with Crippen molar-refractivity contribution >= 4 is 11.9 Å². The minimum absolute atomic E-state index is 0.307. The lowest BCUT2D eigenvalue weighted by Gasteiger charge is -2.29. The van der Waals surface area contributed by atoms with E-state index >= 15 is 0 Å². The molecule has 0 fully saturated rings. The van der Waals surface area contributed by atoms with Gasteiger partial charge in [0.1, 0.15) is 17.8 Å². The van der Waals surface area contributed by atoms with Crippen LogP contribution in [0.5, 0.6) is 0 Å². The van der Waals surface area contributed by atoms with Gasteiger partial charge >= 0.3 is 6.09 Å². The predicted octanol–water partition coefficient (Wildman–Crippen LogP) is 1.04. The molecule has 1 aliphatic rings. The molecule has 1 amide bonds. The highest BCUT2D eigenvalue weighted by Crippen LogP contribution is 2.11. The van der Waals surface area contributed by atoms with Crippen LogP contribution in [0.3, 0.4) is 0 Å². The van der Waals surface area contributed by atoms with Crippen molar-refractivity contribution in [3.8, 4) is 0 Å². The van der Waals surface area contributed by atoms with Crippen molar-refractivity contribution in [2.75, 3.05) is 19.6 Å². The fraction of sp³-hybridized carbons (Fsp3) is 0.714. The first-order valence-electron chi connectivity index (χ1n) is 7.51. The number of hydrogen-bond acceptors (Lipinski definition) is 6. The summed E-state index contributed by atoms with van der Waals surface area (Å²) < 4.78 is 7.35. The molecule has 8 heteroatoms. The second-order valence-corrected chi connectivity index (χ2v) is 6.12. The van der Waals surface area contributed by atoms with Gasteiger partial charge < -0.3 is 14.6 Å². The van der Waals surface area contributed by atoms with Crippen LogP contribution in [0.2, 0.25) is 0 Å². The molecule has 0 spiro atoms. The van der Waals surface area contributed by atoms with Crippen molar-refractivity contribution in [3.05, 3.63) is 12.2 Å². The average Bonchev–Trinajstić information content (AvgIpc) is 2.91. The molecule has 0 aromatic carbocycles. The van der Waals surface area contributed by atoms with Crippen LogP contribution >= 0.6 is 0 Å². The van der Waals surface area contributed by atoms with Gasteiger partial charge in [-0.2, -0.15) is 0 Å². The topological polar surface area (TPSA) is 84.6 Å². The lowest BCUT2D eigenvalue weighted by atomic mass is 10.2. The first kappa shape index (κ1) is 16.3. The monoisotopic (exact) mass is 308 g/mol. The van der Waals surface area contributed by atoms with Crippen molar-refractivity contribution in [2.45, 2.75) is 46.4 Å². The second kappa shape index (κ2) is 6.76. The van der Waals surface area contributed by atoms with Gasteiger partial charge in [0.2, 0.25) is 0 Å². The highest BCUT2D eigenvalue weighted by Gasteiger charge is 2.25. The molecular weight excluding hydrogens is 284 g/mol. The van der Waals surface area contributed by atoms with Crippen molar-refractivity contribution in [2.24, 2.45) is 4.99 Å². The summed E-state index contributed by atoms with van der Waals surface area (Å²) in [5, 5.41) is 11.2. The number of carbonyl (C=O) groups is 1. The predicted molar refractivity (Wildman–Crippen MR) is 82.6 cm³/mol. The van der Waals surface area contributed by atoms with Crippen molar-refractivity contribution < 1.29 is 9.53 Å². The van der Waals surface area contributed by atoms with Crippen molar-refractivity contribution in [1.82, 2.24) is 25.0 Å². The lowest BCUT2D eigenvalue weighted by molar-refractivity contribution is 0.0276. The Hall–Kier alpha value is -2.12. The van der Waals surface area contributed by atoms with E-state index in [0.717, 1.165) is 18.2 Å². The number of rotatable bonds is 3. The maximum atomic E-state index is 12.1. The van der Waals surface area contributed by atoms with E-state index in [1.807, 2.05) is 32.3 Å². The van der Waals surface area contributed by atoms with Crippen LogP contribution in [0, 0.1) is 0 Å². The molecule has 0 bridgehead atoms. The van der Waals surface area contributed by atoms with Crippen molar-refractivity contribution in [3.63, 3.8) is 0 Å². The summed E-state index contributed by atoms with van der Waals surface area (Å²) in [5.41, 5.74) is -0.489. The molecule has 1 aromatic rings. The Morgan fingerprint density at radius 3 is 2.91 bits per heavy atom. The van der Waals surface area contributed by atoms with Gasteiger partial charge in [-0.25, -0.2) is 4.79 Å². The SMILES string of the molecule is CCn1cnnc1CNC1=NCCN(C(=O)OC(C)(C)C)C1. The summed E-state index contributed by atoms with van der Waals surface area (Å²) in [6.07, 6.45) is 1.39. The number of nitrogens with one attached hydrogen (secondary N) is 1. The molecule has 0 unspecified atom stereocenters. The van der Waals surface area contributed by atoms with E-state index in [1.165, 1.54) is 0 Å². The first-order valence-corrected chi connectivity index (χ1v) is 7.51. The van der Waals surface area contributed by atoms with Crippen LogP contribution in [0.4, 0.5) is 4.79 Å². The largest absolute Gasteiger partial charge is 0.444 e. The van der Waals surface area contributed by atoms with Crippen LogP contribution in [0.25, 0.3) is 0 Å². The van der Waals surface area contributed by atoms with Gasteiger partial charge in [-0.1, -0.05) is 0 Å². The van der Waals surface area contributed by atoms with Crippen LogP contribution < -0.4 is 5.32 Å². The van der Waals surface area contributed by atoms with Gasteiger partial charge in [-0.15, -0.1) is 10.2 Å². The number of ether oxygens (including phenoxy) is 1. The smallest absolute Gasteiger partial charge is 0.410 e. The van der Waals surface area contributed by atoms with Gasteiger partial charge in [-0.05, 0) is 27.7 Å². The number of aliphatic imine (C=N–C) groups is 1. The first-order chi connectivity index (χ1) is 10.4. The third-order valence-electron chi connectivity index (χ3n) is 3.15. The fourth-order valence-electron chi connectivity index (χ4n) is 2.07. The standard InChI is InChI=1S/C14H24N6O2/c1-5-19-10-17-18-12(19)8-16-11-9-20(7-6-15-11)13(21)22-14(2,3)4/h10H,5-9H2,1-4H3,(H,15,16). The molecule has 122 valence electrons. The molecule has 2 rings (SSSR count). The molecule has 0 aliphatic carbocycles. The van der Waals surface area contributed by atoms with Gasteiger partial charge in [-0.3, -0.25) is 9.89 Å². The van der Waals surface area contributed by atoms with Gasteiger partial charge in [0.15, 0.2) is 5.82 Å². The Morgan fingerprint density at radius 1 is 1.45 bits per heavy atom. The van der Waals surface area contributed by atoms with Crippen molar-refractivity contribution in [1.29, 1.82) is 0 Å². The number of carbonyl (C=O) groups excluding carboxylic acids is 1. The molecular formula is C14H24N6O2. The Bertz CT molecular complexity index is 546. The van der Waals surface area contributed by atoms with E-state index in [2.05, 4.69) is 20.5 Å². The Kier molecular flexibility index (Phi) is 4.99. The molecule has 0 saturated heterocycles. The Balaban J connectivity index is 1.88. The molecule has 2 heterocycles. The van der Waals surface area contributed by atoms with Gasteiger partial charge in [0.05, 0.1) is 19.6 Å². The third kappa shape index (κ3) is 4.44. The highest BCUT2D eigenvalue weighted by atomic mass is 16.6. The fourth-order valence-corrected chi connectivity index (χ4v) is 2.07. The van der Waals surface area contributed by atoms with Crippen LogP contribution in [-0.4, -0.2) is 56.8 Å². The molecule has 1 N–H and O–H groups in total. The number of aryl methyl sites for hydroxylation is 1. The average molecular weight is 308 g/mol. The quantitative estimate of drug-likeness (QED) is 0.902. The zero-order chi connectivity index (χ0) is 16.2. The van der Waals surface area contributed by atoms with Crippen LogP contribution in [0.1, 0.15) is 33.5 Å². The molecule has 0 atom stereocenters. The van der Waals surface area contributed by atoms with E-state index < -0.39 is 5.60 Å². The molecule has 22 heavy (non-hydrogen) atoms. The van der Waals surface area contributed by atoms with E-state index in [1.54, 1.807) is 11.2 Å². The minimum Gasteiger partial charge on any atom is -0.444 e. The summed E-state index contributed by atoms with van der Waals surface area (Å²) in [7, 11) is 0. The van der Waals surface area contributed by atoms with Gasteiger partial charge in [0.25, 0.3) is 0 Å². The summed E-state index contributed by atoms with van der Waals surface area (Å²) in [6, 6.07) is 0. The third-order valence-corrected chi connectivity index (χ3v) is 3.15. The molecule has 8 nitrogen and oxygen atoms in total. The number of amidine groups is 1. The normalized spacial score (nSPS) is 15.5. The zero-order valence-electron chi connectivity index (χ0n) is 13.7. The molecule has 1 aromatic heterocycles. The van der Waals surface area contributed by atoms with E-state index in [4.69, 9.17) is 4.74 Å². The van der Waals surface area contributed by atoms with E-state index in [9.17, 15) is 4.79 Å². The summed E-state index contributed by atoms with van der Waals surface area (Å²) >= 11 is 0. The van der Waals surface area contributed by atoms with Crippen LogP contribution in [0.15, 0.2) is 11.3 Å². The molecule has 0 radical (unpaired) electrons. The number of hydrogen-bond donors (Lipinski definition) is 1. The Labute approximate surface area is 130 Å². The lowest BCUT2D eigenvalue weighted by Crippen LogP contribution is -2.47. The zero-order valence-corrected chi connectivity index (χ0v) is 13.7. The number of aromatic nitrogens is 3. The van der Waals surface area contributed by atoms with Crippen LogP contribution in [-0.2, 0) is 17.8 Å². The summed E-state index contributed by atoms with van der Waals surface area (Å²) in [4.78, 5) is 18.2. The minimum atomic E-state index is -0.489. The van der Waals surface area contributed by atoms with Gasteiger partial charge in [0, 0.05) is 13.1 Å². The summed E-state index contributed by atoms with van der Waals surface area (Å²) in [6.45, 7) is 10.5. The highest BCUT2D eigenvalue weighted by molar-refractivity contribution is 5.87. The number of nitrogens with zero attached hydrogens (tertiary/aromatic N) is 5. The molecule has 0 saturated carbocycles. The Morgan fingerprint density at radius 2 is 2.23 bits per heavy atom. The van der Waals surface area contributed by atoms with E-state index in [0.29, 0.717) is 26.2 Å². The maximum absolute atomic E-state index is 12.1. The second-order valence-electron chi connectivity index (χ2n) is 6.12. The summed E-state index contributed by atoms with van der Waals surface area (Å²) in [5.74, 6) is 1.61.